The summed E-state index contributed by atoms with van der Waals surface area (Å²) >= 11 is 1.18. The molecule has 0 atom stereocenters. The van der Waals surface area contributed by atoms with Gasteiger partial charge in [-0.1, -0.05) is 6.07 Å². The standard InChI is InChI=1S/C15H12F3N3O2S/c1-24-12-11(6-3-7-20-12)14(23)21(19)13(22)9-4-2-5-10(8-9)15(16,17)18/h2-8H,19H2,1H3. The van der Waals surface area contributed by atoms with Gasteiger partial charge < -0.3 is 0 Å². The average Bonchev–Trinajstić information content (AvgIpc) is 2.59. The Bertz CT molecular complexity index is 781. The lowest BCUT2D eigenvalue weighted by atomic mass is 10.1. The number of amides is 2. The van der Waals surface area contributed by atoms with Crippen LogP contribution in [0.1, 0.15) is 26.3 Å². The number of thioether (sulfide) groups is 1. The van der Waals surface area contributed by atoms with Gasteiger partial charge in [0.15, 0.2) is 0 Å². The molecule has 0 unspecified atom stereocenters. The van der Waals surface area contributed by atoms with E-state index < -0.39 is 23.6 Å². The van der Waals surface area contributed by atoms with Crippen molar-refractivity contribution in [2.45, 2.75) is 11.2 Å². The second kappa shape index (κ2) is 7.02. The lowest BCUT2D eigenvalue weighted by molar-refractivity contribution is -0.137. The van der Waals surface area contributed by atoms with Crippen LogP contribution in [-0.4, -0.2) is 28.1 Å². The number of imide groups is 1. The average molecular weight is 355 g/mol. The van der Waals surface area contributed by atoms with Gasteiger partial charge in [0, 0.05) is 11.8 Å². The van der Waals surface area contributed by atoms with Crippen molar-refractivity contribution >= 4 is 23.6 Å². The molecule has 1 heterocycles. The molecule has 2 N–H and O–H groups in total. The Morgan fingerprint density at radius 1 is 1.17 bits per heavy atom. The topological polar surface area (TPSA) is 76.3 Å². The number of hydrazine groups is 1. The van der Waals surface area contributed by atoms with Crippen molar-refractivity contribution in [2.75, 3.05) is 6.26 Å². The van der Waals surface area contributed by atoms with Gasteiger partial charge in [0.25, 0.3) is 11.8 Å². The van der Waals surface area contributed by atoms with E-state index in [0.717, 1.165) is 18.2 Å². The molecule has 2 amide bonds. The fourth-order valence-electron chi connectivity index (χ4n) is 1.91. The van der Waals surface area contributed by atoms with Gasteiger partial charge >= 0.3 is 6.18 Å². The summed E-state index contributed by atoms with van der Waals surface area (Å²) in [4.78, 5) is 28.5. The second-order valence-electron chi connectivity index (χ2n) is 4.62. The minimum atomic E-state index is -4.60. The summed E-state index contributed by atoms with van der Waals surface area (Å²) in [5, 5.41) is 0.640. The van der Waals surface area contributed by atoms with Crippen LogP contribution in [-0.2, 0) is 6.18 Å². The minimum Gasteiger partial charge on any atom is -0.267 e. The van der Waals surface area contributed by atoms with Crippen molar-refractivity contribution in [1.82, 2.24) is 9.99 Å². The molecule has 0 spiro atoms. The summed E-state index contributed by atoms with van der Waals surface area (Å²) in [6, 6.07) is 6.63. The zero-order chi connectivity index (χ0) is 17.9. The first-order valence-corrected chi connectivity index (χ1v) is 7.78. The molecule has 1 aromatic heterocycles. The monoisotopic (exact) mass is 355 g/mol. The van der Waals surface area contributed by atoms with E-state index >= 15 is 0 Å². The van der Waals surface area contributed by atoms with Gasteiger partial charge in [-0.05, 0) is 36.6 Å². The van der Waals surface area contributed by atoms with Crippen LogP contribution in [0.25, 0.3) is 0 Å². The maximum absolute atomic E-state index is 12.7. The van der Waals surface area contributed by atoms with E-state index in [1.54, 1.807) is 6.26 Å². The number of hydrogen-bond donors (Lipinski definition) is 1. The Morgan fingerprint density at radius 3 is 2.50 bits per heavy atom. The molecule has 0 fully saturated rings. The Morgan fingerprint density at radius 2 is 1.88 bits per heavy atom. The van der Waals surface area contributed by atoms with Gasteiger partial charge in [-0.2, -0.15) is 13.2 Å². The third kappa shape index (κ3) is 3.74. The van der Waals surface area contributed by atoms with Gasteiger partial charge in [-0.25, -0.2) is 15.8 Å². The SMILES string of the molecule is CSc1ncccc1C(=O)N(N)C(=O)c1cccc(C(F)(F)F)c1. The molecular weight excluding hydrogens is 343 g/mol. The summed E-state index contributed by atoms with van der Waals surface area (Å²) in [5.41, 5.74) is -1.25. The largest absolute Gasteiger partial charge is 0.416 e. The molecule has 0 saturated carbocycles. The van der Waals surface area contributed by atoms with Gasteiger partial charge in [-0.15, -0.1) is 11.8 Å². The molecule has 1 aromatic carbocycles. The van der Waals surface area contributed by atoms with Crippen LogP contribution in [0.3, 0.4) is 0 Å². The second-order valence-corrected chi connectivity index (χ2v) is 5.41. The smallest absolute Gasteiger partial charge is 0.267 e. The highest BCUT2D eigenvalue weighted by Crippen LogP contribution is 2.29. The lowest BCUT2D eigenvalue weighted by Crippen LogP contribution is -2.43. The normalized spacial score (nSPS) is 11.2. The molecule has 2 rings (SSSR count). The van der Waals surface area contributed by atoms with Gasteiger partial charge in [-0.3, -0.25) is 9.59 Å². The van der Waals surface area contributed by atoms with Crippen LogP contribution in [0.15, 0.2) is 47.6 Å². The Balaban J connectivity index is 2.31. The van der Waals surface area contributed by atoms with Crippen LogP contribution in [0.2, 0.25) is 0 Å². The quantitative estimate of drug-likeness (QED) is 0.301. The summed E-state index contributed by atoms with van der Waals surface area (Å²) in [7, 11) is 0. The van der Waals surface area contributed by atoms with E-state index in [9.17, 15) is 22.8 Å². The Kier molecular flexibility index (Phi) is 5.25. The highest BCUT2D eigenvalue weighted by atomic mass is 32.2. The first-order valence-electron chi connectivity index (χ1n) is 6.55. The van der Waals surface area contributed by atoms with Crippen LogP contribution in [0, 0.1) is 0 Å². The maximum Gasteiger partial charge on any atom is 0.416 e. The molecule has 9 heteroatoms. The van der Waals surface area contributed by atoms with E-state index in [1.165, 1.54) is 30.1 Å². The zero-order valence-electron chi connectivity index (χ0n) is 12.4. The third-order valence-corrected chi connectivity index (χ3v) is 3.78. The molecule has 5 nitrogen and oxygen atoms in total. The fourth-order valence-corrected chi connectivity index (χ4v) is 2.45. The van der Waals surface area contributed by atoms with Crippen LogP contribution < -0.4 is 5.84 Å². The number of carbonyl (C=O) groups is 2. The van der Waals surface area contributed by atoms with Crippen molar-refractivity contribution in [3.63, 3.8) is 0 Å². The number of nitrogens with two attached hydrogens (primary N) is 1. The number of rotatable bonds is 3. The molecule has 126 valence electrons. The molecule has 0 radical (unpaired) electrons. The highest BCUT2D eigenvalue weighted by Gasteiger charge is 2.32. The van der Waals surface area contributed by atoms with E-state index in [-0.39, 0.29) is 16.1 Å². The summed E-state index contributed by atoms with van der Waals surface area (Å²) < 4.78 is 38.2. The maximum atomic E-state index is 12.7. The molecule has 0 bridgehead atoms. The lowest BCUT2D eigenvalue weighted by Gasteiger charge is -2.16. The molecule has 24 heavy (non-hydrogen) atoms. The number of carbonyl (C=O) groups excluding carboxylic acids is 2. The summed E-state index contributed by atoms with van der Waals surface area (Å²) in [6.07, 6.45) is -1.44. The summed E-state index contributed by atoms with van der Waals surface area (Å²) in [5.74, 6) is 3.63. The van der Waals surface area contributed by atoms with Gasteiger partial charge in [0.1, 0.15) is 5.03 Å². The molecule has 0 aliphatic heterocycles. The fraction of sp³-hybridized carbons (Fsp3) is 0.133. The van der Waals surface area contributed by atoms with Crippen LogP contribution >= 0.6 is 11.8 Å². The van der Waals surface area contributed by atoms with Gasteiger partial charge in [0.2, 0.25) is 0 Å². The van der Waals surface area contributed by atoms with Crippen molar-refractivity contribution in [2.24, 2.45) is 5.84 Å². The number of benzene rings is 1. The highest BCUT2D eigenvalue weighted by molar-refractivity contribution is 7.98. The van der Waals surface area contributed by atoms with Crippen LogP contribution in [0.4, 0.5) is 13.2 Å². The van der Waals surface area contributed by atoms with Crippen molar-refractivity contribution in [1.29, 1.82) is 0 Å². The minimum absolute atomic E-state index is 0.0906. The predicted octanol–water partition coefficient (Wildman–Crippen LogP) is 2.98. The van der Waals surface area contributed by atoms with E-state index in [2.05, 4.69) is 4.98 Å². The molecule has 0 aliphatic carbocycles. The number of hydrogen-bond acceptors (Lipinski definition) is 5. The number of aromatic nitrogens is 1. The zero-order valence-corrected chi connectivity index (χ0v) is 13.2. The van der Waals surface area contributed by atoms with Crippen molar-refractivity contribution in [3.05, 3.63) is 59.3 Å². The van der Waals surface area contributed by atoms with E-state index in [1.807, 2.05) is 0 Å². The van der Waals surface area contributed by atoms with Crippen molar-refractivity contribution in [3.8, 4) is 0 Å². The van der Waals surface area contributed by atoms with Crippen LogP contribution in [0.5, 0.6) is 0 Å². The van der Waals surface area contributed by atoms with Gasteiger partial charge in [0.05, 0.1) is 11.1 Å². The Hall–Kier alpha value is -2.39. The molecular formula is C15H12F3N3O2S. The summed E-state index contributed by atoms with van der Waals surface area (Å²) in [6.45, 7) is 0. The molecule has 0 saturated heterocycles. The van der Waals surface area contributed by atoms with E-state index in [4.69, 9.17) is 5.84 Å². The predicted molar refractivity (Wildman–Crippen MR) is 82.1 cm³/mol. The Labute approximate surface area is 139 Å². The van der Waals surface area contributed by atoms with E-state index in [0.29, 0.717) is 11.1 Å². The number of pyridine rings is 1. The molecule has 2 aromatic rings. The molecule has 0 aliphatic rings. The number of halogens is 3. The first kappa shape index (κ1) is 18.0. The van der Waals surface area contributed by atoms with Crippen molar-refractivity contribution < 1.29 is 22.8 Å². The first-order chi connectivity index (χ1) is 11.3. The number of nitrogens with zero attached hydrogens (tertiary/aromatic N) is 2. The number of alkyl halides is 3. The third-order valence-electron chi connectivity index (χ3n) is 3.07.